The molecule has 0 aliphatic rings. The van der Waals surface area contributed by atoms with Crippen molar-refractivity contribution in [2.24, 2.45) is 5.73 Å². The molecule has 27 heavy (non-hydrogen) atoms. The van der Waals surface area contributed by atoms with Crippen LogP contribution in [0, 0.1) is 0 Å². The highest BCUT2D eigenvalue weighted by molar-refractivity contribution is 5.85. The first-order chi connectivity index (χ1) is 13.0. The molecule has 0 aliphatic carbocycles. The van der Waals surface area contributed by atoms with E-state index in [0.29, 0.717) is 5.56 Å². The van der Waals surface area contributed by atoms with Crippen molar-refractivity contribution in [3.05, 3.63) is 60.2 Å². The van der Waals surface area contributed by atoms with Gasteiger partial charge in [-0.15, -0.1) is 0 Å². The molecule has 7 nitrogen and oxygen atoms in total. The minimum atomic E-state index is -1.03. The zero-order valence-corrected chi connectivity index (χ0v) is 14.9. The summed E-state index contributed by atoms with van der Waals surface area (Å²) >= 11 is 0. The lowest BCUT2D eigenvalue weighted by Crippen LogP contribution is -2.39. The quantitative estimate of drug-likeness (QED) is 0.533. The summed E-state index contributed by atoms with van der Waals surface area (Å²) in [6.45, 7) is -0.0279. The normalized spacial score (nSPS) is 11.4. The number of aliphatic carboxylic acids is 1. The van der Waals surface area contributed by atoms with Crippen LogP contribution < -0.4 is 16.4 Å². The molecule has 0 spiro atoms. The highest BCUT2D eigenvalue weighted by Gasteiger charge is 2.18. The molecule has 0 saturated heterocycles. The van der Waals surface area contributed by atoms with Crippen molar-refractivity contribution < 1.29 is 19.5 Å². The van der Waals surface area contributed by atoms with Crippen molar-refractivity contribution in [3.63, 3.8) is 0 Å². The van der Waals surface area contributed by atoms with Gasteiger partial charge in [0.15, 0.2) is 0 Å². The van der Waals surface area contributed by atoms with E-state index in [-0.39, 0.29) is 31.8 Å². The molecule has 0 radical (unpaired) electrons. The second-order valence-electron chi connectivity index (χ2n) is 6.02. The van der Waals surface area contributed by atoms with Crippen LogP contribution in [0.25, 0.3) is 11.1 Å². The molecule has 2 aromatic carbocycles. The summed E-state index contributed by atoms with van der Waals surface area (Å²) in [5.41, 5.74) is 8.00. The predicted molar refractivity (Wildman–Crippen MR) is 102 cm³/mol. The number of carbonyl (C=O) groups excluding carboxylic acids is 2. The fourth-order valence-electron chi connectivity index (χ4n) is 2.61. The van der Waals surface area contributed by atoms with Gasteiger partial charge < -0.3 is 21.5 Å². The third kappa shape index (κ3) is 6.56. The van der Waals surface area contributed by atoms with Gasteiger partial charge in [-0.05, 0) is 16.7 Å². The molecule has 0 aliphatic heterocycles. The van der Waals surface area contributed by atoms with Gasteiger partial charge in [-0.25, -0.2) is 0 Å². The third-order valence-corrected chi connectivity index (χ3v) is 3.95. The van der Waals surface area contributed by atoms with E-state index in [9.17, 15) is 14.4 Å². The van der Waals surface area contributed by atoms with Crippen LogP contribution in [0.2, 0.25) is 0 Å². The summed E-state index contributed by atoms with van der Waals surface area (Å²) in [6.07, 6.45) is -0.125. The number of carboxylic acids is 1. The molecule has 0 saturated carbocycles. The third-order valence-electron chi connectivity index (χ3n) is 3.95. The predicted octanol–water partition coefficient (Wildman–Crippen LogP) is 1.45. The minimum Gasteiger partial charge on any atom is -0.481 e. The summed E-state index contributed by atoms with van der Waals surface area (Å²) < 4.78 is 0. The molecule has 0 bridgehead atoms. The number of benzene rings is 2. The lowest BCUT2D eigenvalue weighted by atomic mass is 9.99. The summed E-state index contributed by atoms with van der Waals surface area (Å²) in [6, 6.07) is 16.4. The molecule has 142 valence electrons. The Balaban J connectivity index is 2.05. The van der Waals surface area contributed by atoms with E-state index >= 15 is 0 Å². The topological polar surface area (TPSA) is 122 Å². The second-order valence-corrected chi connectivity index (χ2v) is 6.02. The van der Waals surface area contributed by atoms with Crippen LogP contribution >= 0.6 is 0 Å². The zero-order valence-electron chi connectivity index (χ0n) is 14.9. The van der Waals surface area contributed by atoms with Crippen molar-refractivity contribution >= 4 is 17.8 Å². The summed E-state index contributed by atoms with van der Waals surface area (Å²) in [5.74, 6) is -1.81. The van der Waals surface area contributed by atoms with Gasteiger partial charge in [-0.2, -0.15) is 0 Å². The maximum atomic E-state index is 12.1. The van der Waals surface area contributed by atoms with Gasteiger partial charge in [0.2, 0.25) is 11.8 Å². The van der Waals surface area contributed by atoms with E-state index in [1.807, 2.05) is 42.5 Å². The average Bonchev–Trinajstić information content (AvgIpc) is 2.67. The molecule has 5 N–H and O–H groups in total. The van der Waals surface area contributed by atoms with Crippen molar-refractivity contribution in [1.82, 2.24) is 10.6 Å². The minimum absolute atomic E-state index is 0.132. The molecule has 7 heteroatoms. The molecule has 1 unspecified atom stereocenters. The fraction of sp³-hybridized carbons (Fsp3) is 0.250. The standard InChI is InChI=1S/C20H23N3O4/c21-11-10-18(24)22-13-19(25)23-17(12-20(26)27)16-8-6-15(7-9-16)14-4-2-1-3-5-14/h1-9,17H,10-13,21H2,(H,22,24)(H,23,25)(H,26,27). The van der Waals surface area contributed by atoms with Crippen LogP contribution in [-0.4, -0.2) is 36.0 Å². The molecule has 2 aromatic rings. The molecule has 2 amide bonds. The van der Waals surface area contributed by atoms with Gasteiger partial charge in [-0.1, -0.05) is 54.6 Å². The van der Waals surface area contributed by atoms with Crippen LogP contribution in [0.3, 0.4) is 0 Å². The highest BCUT2D eigenvalue weighted by Crippen LogP contribution is 2.23. The number of nitrogens with one attached hydrogen (secondary N) is 2. The first-order valence-corrected chi connectivity index (χ1v) is 8.63. The van der Waals surface area contributed by atoms with E-state index < -0.39 is 17.9 Å². The van der Waals surface area contributed by atoms with E-state index in [0.717, 1.165) is 11.1 Å². The molecule has 0 aromatic heterocycles. The first kappa shape index (κ1) is 20.1. The molecule has 1 atom stereocenters. The Morgan fingerprint density at radius 2 is 1.56 bits per heavy atom. The SMILES string of the molecule is NCCC(=O)NCC(=O)NC(CC(=O)O)c1ccc(-c2ccccc2)cc1. The van der Waals surface area contributed by atoms with Gasteiger partial charge in [0.1, 0.15) is 0 Å². The van der Waals surface area contributed by atoms with E-state index in [1.54, 1.807) is 12.1 Å². The summed E-state index contributed by atoms with van der Waals surface area (Å²) in [4.78, 5) is 34.6. The van der Waals surface area contributed by atoms with Crippen molar-refractivity contribution in [3.8, 4) is 11.1 Å². The largest absolute Gasteiger partial charge is 0.481 e. The Morgan fingerprint density at radius 1 is 0.926 bits per heavy atom. The Labute approximate surface area is 157 Å². The molecule has 2 rings (SSSR count). The van der Waals surface area contributed by atoms with Crippen molar-refractivity contribution in [2.45, 2.75) is 18.9 Å². The smallest absolute Gasteiger partial charge is 0.305 e. The Morgan fingerprint density at radius 3 is 2.15 bits per heavy atom. The monoisotopic (exact) mass is 369 g/mol. The van der Waals surface area contributed by atoms with Gasteiger partial charge in [0, 0.05) is 13.0 Å². The number of rotatable bonds is 9. The number of amides is 2. The second kappa shape index (κ2) is 10.1. The highest BCUT2D eigenvalue weighted by atomic mass is 16.4. The Kier molecular flexibility index (Phi) is 7.51. The lowest BCUT2D eigenvalue weighted by Gasteiger charge is -2.18. The van der Waals surface area contributed by atoms with Crippen molar-refractivity contribution in [1.29, 1.82) is 0 Å². The molecular formula is C20H23N3O4. The first-order valence-electron chi connectivity index (χ1n) is 8.63. The Hall–Kier alpha value is -3.19. The zero-order chi connectivity index (χ0) is 19.6. The molecular weight excluding hydrogens is 346 g/mol. The lowest BCUT2D eigenvalue weighted by molar-refractivity contribution is -0.138. The number of carboxylic acid groups (broad SMARTS) is 1. The fourth-order valence-corrected chi connectivity index (χ4v) is 2.61. The van der Waals surface area contributed by atoms with Gasteiger partial charge >= 0.3 is 5.97 Å². The molecule has 0 heterocycles. The van der Waals surface area contributed by atoms with Crippen molar-refractivity contribution in [2.75, 3.05) is 13.1 Å². The van der Waals surface area contributed by atoms with Gasteiger partial charge in [0.05, 0.1) is 19.0 Å². The van der Waals surface area contributed by atoms with Crippen LogP contribution in [0.5, 0.6) is 0 Å². The van der Waals surface area contributed by atoms with E-state index in [1.165, 1.54) is 0 Å². The van der Waals surface area contributed by atoms with E-state index in [4.69, 9.17) is 10.8 Å². The van der Waals surface area contributed by atoms with Crippen LogP contribution in [0.4, 0.5) is 0 Å². The number of hydrogen-bond donors (Lipinski definition) is 4. The summed E-state index contributed by atoms with van der Waals surface area (Å²) in [7, 11) is 0. The van der Waals surface area contributed by atoms with Crippen LogP contribution in [0.15, 0.2) is 54.6 Å². The summed E-state index contributed by atoms with van der Waals surface area (Å²) in [5, 5.41) is 14.2. The van der Waals surface area contributed by atoms with E-state index in [2.05, 4.69) is 10.6 Å². The van der Waals surface area contributed by atoms with Crippen LogP contribution in [-0.2, 0) is 14.4 Å². The number of nitrogens with two attached hydrogens (primary N) is 1. The maximum absolute atomic E-state index is 12.1. The van der Waals surface area contributed by atoms with Gasteiger partial charge in [0.25, 0.3) is 0 Å². The van der Waals surface area contributed by atoms with Gasteiger partial charge in [-0.3, -0.25) is 14.4 Å². The maximum Gasteiger partial charge on any atom is 0.305 e. The van der Waals surface area contributed by atoms with Crippen LogP contribution in [0.1, 0.15) is 24.4 Å². The number of hydrogen-bond acceptors (Lipinski definition) is 4. The Bertz CT molecular complexity index is 776. The average molecular weight is 369 g/mol. The number of carbonyl (C=O) groups is 3. The molecule has 0 fully saturated rings.